The molecule has 0 amide bonds. The fourth-order valence-electron chi connectivity index (χ4n) is 3.91. The van der Waals surface area contributed by atoms with Gasteiger partial charge in [-0.25, -0.2) is 19.4 Å². The van der Waals surface area contributed by atoms with Gasteiger partial charge in [0.25, 0.3) is 0 Å². The molecule has 1 heterocycles. The van der Waals surface area contributed by atoms with Crippen molar-refractivity contribution in [3.63, 3.8) is 0 Å². The SMILES string of the molecule is Cc1cc(OCC(=O)O)c(COc2ccc(Cn3oc(=O)[nH]c3=O)cc2)c(C)c1-c1ccccc1. The number of carboxylic acids is 1. The zero-order chi connectivity index (χ0) is 24.9. The number of carboxylic acid groups (broad SMARTS) is 1. The predicted octanol–water partition coefficient (Wildman–Crippen LogP) is 3.50. The van der Waals surface area contributed by atoms with Crippen LogP contribution in [0.5, 0.6) is 11.5 Å². The number of H-pyrrole nitrogens is 1. The lowest BCUT2D eigenvalue weighted by Gasteiger charge is -2.20. The Kier molecular flexibility index (Phi) is 6.86. The number of aliphatic carboxylic acids is 1. The smallest absolute Gasteiger partial charge is 0.440 e. The summed E-state index contributed by atoms with van der Waals surface area (Å²) < 4.78 is 17.3. The number of aryl methyl sites for hydroxylation is 1. The maximum Gasteiger partial charge on any atom is 0.440 e. The number of rotatable bonds is 9. The van der Waals surface area contributed by atoms with Crippen molar-refractivity contribution in [3.05, 3.63) is 104 Å². The number of nitrogens with one attached hydrogen (secondary N) is 1. The molecule has 9 nitrogen and oxygen atoms in total. The fraction of sp³-hybridized carbons (Fsp3) is 0.192. The van der Waals surface area contributed by atoms with Crippen LogP contribution in [0.25, 0.3) is 11.1 Å². The summed E-state index contributed by atoms with van der Waals surface area (Å²) in [4.78, 5) is 35.9. The minimum absolute atomic E-state index is 0.0997. The Bertz CT molecular complexity index is 1450. The molecule has 2 N–H and O–H groups in total. The van der Waals surface area contributed by atoms with E-state index in [1.54, 1.807) is 24.3 Å². The Hall–Kier alpha value is -4.53. The monoisotopic (exact) mass is 476 g/mol. The molecule has 9 heteroatoms. The van der Waals surface area contributed by atoms with E-state index in [0.29, 0.717) is 11.5 Å². The second-order valence-corrected chi connectivity index (χ2v) is 8.00. The van der Waals surface area contributed by atoms with Crippen molar-refractivity contribution in [2.45, 2.75) is 27.0 Å². The predicted molar refractivity (Wildman–Crippen MR) is 128 cm³/mol. The molecular formula is C26H24N2O7. The van der Waals surface area contributed by atoms with Crippen LogP contribution >= 0.6 is 0 Å². The minimum atomic E-state index is -1.06. The molecule has 0 aliphatic heterocycles. The number of aromatic amines is 1. The van der Waals surface area contributed by atoms with E-state index in [0.717, 1.165) is 38.1 Å². The second-order valence-electron chi connectivity index (χ2n) is 8.00. The van der Waals surface area contributed by atoms with Crippen LogP contribution in [-0.4, -0.2) is 27.4 Å². The first-order chi connectivity index (χ1) is 16.8. The summed E-state index contributed by atoms with van der Waals surface area (Å²) in [5.41, 5.74) is 4.87. The van der Waals surface area contributed by atoms with Gasteiger partial charge in [-0.05, 0) is 59.9 Å². The largest absolute Gasteiger partial charge is 0.489 e. The standard InChI is InChI=1S/C26H24N2O7/c1-16-12-22(34-15-23(29)30)21(17(2)24(16)19-6-4-3-5-7-19)14-33-20-10-8-18(9-11-20)13-28-25(31)27-26(32)35-28/h3-12H,13-15H2,1-2H3,(H,29,30)(H,27,31,32). The molecular weight excluding hydrogens is 452 g/mol. The summed E-state index contributed by atoms with van der Waals surface area (Å²) in [5.74, 6) is -0.839. The molecule has 180 valence electrons. The van der Waals surface area contributed by atoms with E-state index in [1.807, 2.05) is 55.2 Å². The Morgan fingerprint density at radius 1 is 1.03 bits per heavy atom. The Morgan fingerprint density at radius 2 is 1.74 bits per heavy atom. The average Bonchev–Trinajstić information content (AvgIpc) is 3.15. The summed E-state index contributed by atoms with van der Waals surface area (Å²) >= 11 is 0. The number of aromatic nitrogens is 2. The molecule has 0 fully saturated rings. The van der Waals surface area contributed by atoms with Gasteiger partial charge in [0.2, 0.25) is 0 Å². The first kappa shape index (κ1) is 23.6. The van der Waals surface area contributed by atoms with Crippen molar-refractivity contribution in [2.75, 3.05) is 6.61 Å². The van der Waals surface area contributed by atoms with E-state index in [9.17, 15) is 14.4 Å². The van der Waals surface area contributed by atoms with E-state index >= 15 is 0 Å². The molecule has 0 radical (unpaired) electrons. The third-order valence-corrected chi connectivity index (χ3v) is 5.54. The van der Waals surface area contributed by atoms with Crippen molar-refractivity contribution in [1.82, 2.24) is 9.72 Å². The van der Waals surface area contributed by atoms with Crippen LogP contribution in [-0.2, 0) is 17.9 Å². The quantitative estimate of drug-likeness (QED) is 0.379. The lowest BCUT2D eigenvalue weighted by molar-refractivity contribution is -0.139. The van der Waals surface area contributed by atoms with Gasteiger partial charge in [0, 0.05) is 5.56 Å². The molecule has 0 unspecified atom stereocenters. The number of hydrogen-bond acceptors (Lipinski definition) is 6. The zero-order valence-corrected chi connectivity index (χ0v) is 19.2. The highest BCUT2D eigenvalue weighted by Crippen LogP contribution is 2.36. The van der Waals surface area contributed by atoms with Crippen molar-refractivity contribution in [1.29, 1.82) is 0 Å². The fourth-order valence-corrected chi connectivity index (χ4v) is 3.91. The van der Waals surface area contributed by atoms with Crippen molar-refractivity contribution in [3.8, 4) is 22.6 Å². The third-order valence-electron chi connectivity index (χ3n) is 5.54. The van der Waals surface area contributed by atoms with Crippen LogP contribution in [0.1, 0.15) is 22.3 Å². The molecule has 1 aromatic heterocycles. The third kappa shape index (κ3) is 5.52. The summed E-state index contributed by atoms with van der Waals surface area (Å²) in [6.07, 6.45) is 0. The molecule has 0 spiro atoms. The summed E-state index contributed by atoms with van der Waals surface area (Å²) in [7, 11) is 0. The maximum atomic E-state index is 11.6. The van der Waals surface area contributed by atoms with Gasteiger partial charge < -0.3 is 19.1 Å². The van der Waals surface area contributed by atoms with Crippen LogP contribution in [0, 0.1) is 13.8 Å². The van der Waals surface area contributed by atoms with E-state index < -0.39 is 24.0 Å². The van der Waals surface area contributed by atoms with Gasteiger partial charge in [-0.15, -0.1) is 4.74 Å². The van der Waals surface area contributed by atoms with Crippen LogP contribution in [0.3, 0.4) is 0 Å². The summed E-state index contributed by atoms with van der Waals surface area (Å²) in [6, 6.07) is 18.8. The van der Waals surface area contributed by atoms with Crippen molar-refractivity contribution in [2.24, 2.45) is 0 Å². The number of ether oxygens (including phenoxy) is 2. The Labute approximate surface area is 200 Å². The molecule has 0 saturated heterocycles. The molecule has 0 atom stereocenters. The molecule has 0 bridgehead atoms. The number of nitrogens with zero attached hydrogens (tertiary/aromatic N) is 1. The highest BCUT2D eigenvalue weighted by molar-refractivity contribution is 5.74. The van der Waals surface area contributed by atoms with Gasteiger partial charge >= 0.3 is 17.4 Å². The van der Waals surface area contributed by atoms with Crippen molar-refractivity contribution >= 4 is 5.97 Å². The summed E-state index contributed by atoms with van der Waals surface area (Å²) in [5, 5.41) is 9.09. The number of hydrogen-bond donors (Lipinski definition) is 2. The van der Waals surface area contributed by atoms with Gasteiger partial charge in [0.15, 0.2) is 6.61 Å². The molecule has 0 aliphatic rings. The van der Waals surface area contributed by atoms with Gasteiger partial charge in [-0.1, -0.05) is 42.5 Å². The second kappa shape index (κ2) is 10.2. The normalized spacial score (nSPS) is 10.8. The van der Waals surface area contributed by atoms with E-state index in [4.69, 9.17) is 19.1 Å². The first-order valence-electron chi connectivity index (χ1n) is 10.9. The number of benzene rings is 3. The van der Waals surface area contributed by atoms with Crippen LogP contribution < -0.4 is 20.9 Å². The van der Waals surface area contributed by atoms with Gasteiger partial charge in [0.05, 0.1) is 6.54 Å². The lowest BCUT2D eigenvalue weighted by atomic mass is 9.91. The van der Waals surface area contributed by atoms with E-state index in [-0.39, 0.29) is 13.2 Å². The van der Waals surface area contributed by atoms with E-state index in [2.05, 4.69) is 0 Å². The molecule has 0 saturated carbocycles. The molecule has 4 rings (SSSR count). The topological polar surface area (TPSA) is 124 Å². The van der Waals surface area contributed by atoms with Crippen LogP contribution in [0.2, 0.25) is 0 Å². The van der Waals surface area contributed by atoms with Gasteiger partial charge in [0.1, 0.15) is 18.1 Å². The van der Waals surface area contributed by atoms with Crippen LogP contribution in [0.4, 0.5) is 0 Å². The van der Waals surface area contributed by atoms with Crippen LogP contribution in [0.15, 0.2) is 74.8 Å². The summed E-state index contributed by atoms with van der Waals surface area (Å²) in [6.45, 7) is 3.73. The molecule has 0 aliphatic carbocycles. The van der Waals surface area contributed by atoms with E-state index in [1.165, 1.54) is 0 Å². The minimum Gasteiger partial charge on any atom is -0.489 e. The Balaban J connectivity index is 1.58. The highest BCUT2D eigenvalue weighted by Gasteiger charge is 2.17. The zero-order valence-electron chi connectivity index (χ0n) is 19.2. The molecule has 35 heavy (non-hydrogen) atoms. The maximum absolute atomic E-state index is 11.6. The van der Waals surface area contributed by atoms with Gasteiger partial charge in [-0.3, -0.25) is 0 Å². The number of carbonyl (C=O) groups is 1. The highest BCUT2D eigenvalue weighted by atomic mass is 16.5. The Morgan fingerprint density at radius 3 is 2.37 bits per heavy atom. The lowest BCUT2D eigenvalue weighted by Crippen LogP contribution is -2.17. The van der Waals surface area contributed by atoms with Crippen molar-refractivity contribution < 1.29 is 23.9 Å². The molecule has 3 aromatic carbocycles. The molecule has 4 aromatic rings. The average molecular weight is 476 g/mol. The first-order valence-corrected chi connectivity index (χ1v) is 10.9. The van der Waals surface area contributed by atoms with Gasteiger partial charge in [-0.2, -0.15) is 0 Å².